The Labute approximate surface area is 126 Å². The van der Waals surface area contributed by atoms with Crippen LogP contribution in [0.5, 0.6) is 0 Å². The number of rotatable bonds is 2. The standard InChI is InChI=1S/C19H21NO/c1-18(2)16-8-10-19(18,3)17(21)15(16)12-14-6-4-13(5-7-14)9-11-20/h4-7,12,16H,8-10H2,1-3H3/b15-12-. The van der Waals surface area contributed by atoms with Gasteiger partial charge in [-0.3, -0.25) is 4.79 Å². The van der Waals surface area contributed by atoms with Gasteiger partial charge in [-0.15, -0.1) is 0 Å². The van der Waals surface area contributed by atoms with Crippen LogP contribution >= 0.6 is 0 Å². The van der Waals surface area contributed by atoms with Crippen molar-refractivity contribution < 1.29 is 4.79 Å². The number of Topliss-reactive ketones (excluding diaryl/α,β-unsaturated/α-hetero) is 1. The average Bonchev–Trinajstić information content (AvgIpc) is 2.75. The fraction of sp³-hybridized carbons (Fsp3) is 0.474. The normalized spacial score (nSPS) is 31.6. The summed E-state index contributed by atoms with van der Waals surface area (Å²) in [5.41, 5.74) is 2.96. The second-order valence-electron chi connectivity index (χ2n) is 7.15. The molecule has 2 fully saturated rings. The monoisotopic (exact) mass is 279 g/mol. The van der Waals surface area contributed by atoms with Crippen LogP contribution in [0.4, 0.5) is 0 Å². The fourth-order valence-corrected chi connectivity index (χ4v) is 4.10. The minimum atomic E-state index is -0.190. The highest BCUT2D eigenvalue weighted by Crippen LogP contribution is 2.65. The molecule has 3 rings (SSSR count). The number of benzene rings is 1. The molecular weight excluding hydrogens is 258 g/mol. The molecule has 0 saturated heterocycles. The summed E-state index contributed by atoms with van der Waals surface area (Å²) in [5.74, 6) is 0.721. The molecular formula is C19H21NO. The topological polar surface area (TPSA) is 40.9 Å². The molecule has 0 N–H and O–H groups in total. The lowest BCUT2D eigenvalue weighted by molar-refractivity contribution is -0.125. The Morgan fingerprint density at radius 1 is 1.29 bits per heavy atom. The average molecular weight is 279 g/mol. The van der Waals surface area contributed by atoms with Crippen molar-refractivity contribution in [2.24, 2.45) is 16.7 Å². The predicted molar refractivity (Wildman–Crippen MR) is 83.4 cm³/mol. The van der Waals surface area contributed by atoms with E-state index in [9.17, 15) is 4.79 Å². The Morgan fingerprint density at radius 2 is 1.95 bits per heavy atom. The van der Waals surface area contributed by atoms with E-state index in [-0.39, 0.29) is 10.8 Å². The predicted octanol–water partition coefficient (Wildman–Crippen LogP) is 4.16. The molecule has 0 spiro atoms. The maximum atomic E-state index is 12.8. The first-order chi connectivity index (χ1) is 9.90. The third kappa shape index (κ3) is 1.87. The van der Waals surface area contributed by atoms with E-state index in [1.165, 1.54) is 0 Å². The molecule has 2 atom stereocenters. The van der Waals surface area contributed by atoms with Crippen molar-refractivity contribution in [1.82, 2.24) is 0 Å². The van der Waals surface area contributed by atoms with Crippen molar-refractivity contribution in [3.05, 3.63) is 41.0 Å². The molecule has 2 aliphatic carbocycles. The molecule has 21 heavy (non-hydrogen) atoms. The quantitative estimate of drug-likeness (QED) is 0.763. The Balaban J connectivity index is 1.95. The van der Waals surface area contributed by atoms with E-state index in [4.69, 9.17) is 5.26 Å². The lowest BCUT2D eigenvalue weighted by Gasteiger charge is -2.31. The smallest absolute Gasteiger partial charge is 0.165 e. The number of ketones is 1. The molecule has 0 radical (unpaired) electrons. The number of allylic oxidation sites excluding steroid dienone is 1. The van der Waals surface area contributed by atoms with E-state index in [0.717, 1.165) is 29.5 Å². The summed E-state index contributed by atoms with van der Waals surface area (Å²) in [4.78, 5) is 12.8. The molecule has 0 heterocycles. The van der Waals surface area contributed by atoms with Crippen LogP contribution in [0.25, 0.3) is 6.08 Å². The Morgan fingerprint density at radius 3 is 2.48 bits per heavy atom. The highest BCUT2D eigenvalue weighted by Gasteiger charge is 2.63. The SMILES string of the molecule is CC12CCC(/C(=C/c3ccc(CC#N)cc3)C1=O)C2(C)C. The van der Waals surface area contributed by atoms with Gasteiger partial charge >= 0.3 is 0 Å². The number of nitrogens with zero attached hydrogens (tertiary/aromatic N) is 1. The minimum Gasteiger partial charge on any atom is -0.294 e. The van der Waals surface area contributed by atoms with Crippen LogP contribution in [0.3, 0.4) is 0 Å². The molecule has 1 aromatic rings. The number of carbonyl (C=O) groups is 1. The van der Waals surface area contributed by atoms with Crippen molar-refractivity contribution in [3.8, 4) is 6.07 Å². The molecule has 2 aliphatic rings. The zero-order chi connectivity index (χ0) is 15.3. The van der Waals surface area contributed by atoms with Gasteiger partial charge < -0.3 is 0 Å². The maximum Gasteiger partial charge on any atom is 0.165 e. The van der Waals surface area contributed by atoms with E-state index in [0.29, 0.717) is 18.1 Å². The molecule has 2 unspecified atom stereocenters. The zero-order valence-corrected chi connectivity index (χ0v) is 12.9. The van der Waals surface area contributed by atoms with Gasteiger partial charge in [0.25, 0.3) is 0 Å². The van der Waals surface area contributed by atoms with Gasteiger partial charge in [-0.2, -0.15) is 5.26 Å². The van der Waals surface area contributed by atoms with Crippen molar-refractivity contribution >= 4 is 11.9 Å². The van der Waals surface area contributed by atoms with E-state index >= 15 is 0 Å². The summed E-state index contributed by atoms with van der Waals surface area (Å²) in [6.45, 7) is 6.60. The molecule has 2 saturated carbocycles. The van der Waals surface area contributed by atoms with Crippen LogP contribution in [-0.2, 0) is 11.2 Å². The molecule has 2 heteroatoms. The lowest BCUT2D eigenvalue weighted by atomic mass is 9.70. The van der Waals surface area contributed by atoms with Gasteiger partial charge in [-0.1, -0.05) is 45.0 Å². The molecule has 0 amide bonds. The van der Waals surface area contributed by atoms with Crippen LogP contribution in [0.15, 0.2) is 29.8 Å². The Bertz CT molecular complexity index is 660. The number of nitriles is 1. The van der Waals surface area contributed by atoms with Gasteiger partial charge in [0.2, 0.25) is 0 Å². The zero-order valence-electron chi connectivity index (χ0n) is 12.9. The summed E-state index contributed by atoms with van der Waals surface area (Å²) in [6, 6.07) is 10.1. The first kappa shape index (κ1) is 14.1. The van der Waals surface area contributed by atoms with Crippen LogP contribution < -0.4 is 0 Å². The van der Waals surface area contributed by atoms with Crippen LogP contribution in [0.1, 0.15) is 44.7 Å². The second kappa shape index (κ2) is 4.56. The van der Waals surface area contributed by atoms with E-state index in [1.807, 2.05) is 24.3 Å². The van der Waals surface area contributed by atoms with E-state index in [2.05, 4.69) is 32.9 Å². The first-order valence-corrected chi connectivity index (χ1v) is 7.62. The molecule has 0 aliphatic heterocycles. The molecule has 1 aromatic carbocycles. The fourth-order valence-electron chi connectivity index (χ4n) is 4.10. The molecule has 0 aromatic heterocycles. The lowest BCUT2D eigenvalue weighted by Crippen LogP contribution is -2.32. The number of hydrogen-bond acceptors (Lipinski definition) is 2. The Kier molecular flexibility index (Phi) is 3.06. The third-order valence-corrected chi connectivity index (χ3v) is 5.95. The number of fused-ring (bicyclic) bond motifs is 2. The third-order valence-electron chi connectivity index (χ3n) is 5.95. The first-order valence-electron chi connectivity index (χ1n) is 7.62. The van der Waals surface area contributed by atoms with Crippen LogP contribution in [-0.4, -0.2) is 5.78 Å². The van der Waals surface area contributed by atoms with Crippen molar-refractivity contribution in [2.75, 3.05) is 0 Å². The van der Waals surface area contributed by atoms with Gasteiger partial charge in [-0.25, -0.2) is 0 Å². The highest BCUT2D eigenvalue weighted by molar-refractivity contribution is 6.07. The molecule has 108 valence electrons. The van der Waals surface area contributed by atoms with Gasteiger partial charge in [-0.05, 0) is 47.0 Å². The van der Waals surface area contributed by atoms with Crippen molar-refractivity contribution in [3.63, 3.8) is 0 Å². The number of carbonyl (C=O) groups excluding carboxylic acids is 1. The summed E-state index contributed by atoms with van der Waals surface area (Å²) in [7, 11) is 0. The van der Waals surface area contributed by atoms with E-state index in [1.54, 1.807) is 0 Å². The second-order valence-corrected chi connectivity index (χ2v) is 7.15. The van der Waals surface area contributed by atoms with Crippen LogP contribution in [0, 0.1) is 28.1 Å². The van der Waals surface area contributed by atoms with E-state index < -0.39 is 0 Å². The van der Waals surface area contributed by atoms with Gasteiger partial charge in [0.15, 0.2) is 5.78 Å². The summed E-state index contributed by atoms with van der Waals surface area (Å²) < 4.78 is 0. The highest BCUT2D eigenvalue weighted by atomic mass is 16.1. The minimum absolute atomic E-state index is 0.0661. The van der Waals surface area contributed by atoms with Gasteiger partial charge in [0.1, 0.15) is 0 Å². The maximum absolute atomic E-state index is 12.8. The van der Waals surface area contributed by atoms with Crippen molar-refractivity contribution in [2.45, 2.75) is 40.0 Å². The van der Waals surface area contributed by atoms with Crippen molar-refractivity contribution in [1.29, 1.82) is 5.26 Å². The molecule has 2 bridgehead atoms. The van der Waals surface area contributed by atoms with Gasteiger partial charge in [0.05, 0.1) is 12.5 Å². The van der Waals surface area contributed by atoms with Gasteiger partial charge in [0, 0.05) is 5.41 Å². The Hall–Kier alpha value is -1.88. The summed E-state index contributed by atoms with van der Waals surface area (Å²) >= 11 is 0. The van der Waals surface area contributed by atoms with Crippen LogP contribution in [0.2, 0.25) is 0 Å². The summed E-state index contributed by atoms with van der Waals surface area (Å²) in [5, 5.41) is 8.70. The largest absolute Gasteiger partial charge is 0.294 e. The summed E-state index contributed by atoms with van der Waals surface area (Å²) in [6.07, 6.45) is 4.63. The number of hydrogen-bond donors (Lipinski definition) is 0. The molecule has 2 nitrogen and oxygen atoms in total.